The van der Waals surface area contributed by atoms with Crippen molar-refractivity contribution in [3.05, 3.63) is 53.7 Å². The highest BCUT2D eigenvalue weighted by Crippen LogP contribution is 2.26. The minimum atomic E-state index is -0.292. The van der Waals surface area contributed by atoms with E-state index < -0.39 is 0 Å². The van der Waals surface area contributed by atoms with E-state index in [4.69, 9.17) is 4.74 Å². The quantitative estimate of drug-likeness (QED) is 0.744. The lowest BCUT2D eigenvalue weighted by Crippen LogP contribution is -2.04. The Balaban J connectivity index is 2.03. The summed E-state index contributed by atoms with van der Waals surface area (Å²) in [5.41, 5.74) is 4.59. The first kappa shape index (κ1) is 13.4. The average Bonchev–Trinajstić information content (AvgIpc) is 2.89. The second kappa shape index (κ2) is 5.40. The van der Waals surface area contributed by atoms with Gasteiger partial charge < -0.3 is 4.74 Å². The molecule has 1 aromatic heterocycles. The van der Waals surface area contributed by atoms with Crippen LogP contribution in [-0.4, -0.2) is 22.8 Å². The third kappa shape index (κ3) is 2.52. The van der Waals surface area contributed by atoms with Crippen LogP contribution in [0.15, 0.2) is 42.5 Å². The number of aromatic amines is 1. The molecule has 106 valence electrons. The number of fused-ring (bicyclic) bond motifs is 1. The van der Waals surface area contributed by atoms with Crippen molar-refractivity contribution < 1.29 is 9.53 Å². The van der Waals surface area contributed by atoms with E-state index in [0.29, 0.717) is 12.2 Å². The largest absolute Gasteiger partial charge is 0.462 e. The number of ether oxygens (including phenoxy) is 1. The number of aryl methyl sites for hydroxylation is 1. The molecule has 4 nitrogen and oxygen atoms in total. The van der Waals surface area contributed by atoms with E-state index in [2.05, 4.69) is 16.3 Å². The number of H-pyrrole nitrogens is 1. The first-order valence-corrected chi connectivity index (χ1v) is 6.91. The predicted molar refractivity (Wildman–Crippen MR) is 82.2 cm³/mol. The highest BCUT2D eigenvalue weighted by molar-refractivity contribution is 5.92. The van der Waals surface area contributed by atoms with Crippen molar-refractivity contribution in [2.24, 2.45) is 0 Å². The molecular weight excluding hydrogens is 264 g/mol. The van der Waals surface area contributed by atoms with Crippen LogP contribution in [0.1, 0.15) is 23.0 Å². The van der Waals surface area contributed by atoms with Gasteiger partial charge in [-0.15, -0.1) is 0 Å². The first-order valence-electron chi connectivity index (χ1n) is 6.91. The number of esters is 1. The summed E-state index contributed by atoms with van der Waals surface area (Å²) < 4.78 is 5.04. The van der Waals surface area contributed by atoms with E-state index in [1.165, 1.54) is 0 Å². The van der Waals surface area contributed by atoms with E-state index in [9.17, 15) is 4.79 Å². The lowest BCUT2D eigenvalue weighted by Gasteiger charge is -2.06. The van der Waals surface area contributed by atoms with Crippen molar-refractivity contribution in [2.75, 3.05) is 6.61 Å². The molecule has 0 saturated carbocycles. The van der Waals surface area contributed by atoms with Crippen LogP contribution in [0.4, 0.5) is 0 Å². The number of benzene rings is 2. The van der Waals surface area contributed by atoms with Crippen molar-refractivity contribution in [2.45, 2.75) is 13.8 Å². The standard InChI is InChI=1S/C17H16N2O2/c1-3-21-17(20)14-6-4-5-12(9-14)13-7-8-16-15(10-13)11(2)18-19-16/h4-10H,3H2,1-2H3,(H,18,19). The van der Waals surface area contributed by atoms with Crippen LogP contribution >= 0.6 is 0 Å². The van der Waals surface area contributed by atoms with Gasteiger partial charge in [-0.1, -0.05) is 18.2 Å². The summed E-state index contributed by atoms with van der Waals surface area (Å²) in [7, 11) is 0. The summed E-state index contributed by atoms with van der Waals surface area (Å²) >= 11 is 0. The molecule has 3 rings (SSSR count). The molecule has 2 aromatic carbocycles. The van der Waals surface area contributed by atoms with Crippen molar-refractivity contribution >= 4 is 16.9 Å². The zero-order chi connectivity index (χ0) is 14.8. The number of aromatic nitrogens is 2. The Kier molecular flexibility index (Phi) is 3.44. The maximum Gasteiger partial charge on any atom is 0.338 e. The SMILES string of the molecule is CCOC(=O)c1cccc(-c2ccc3n[nH]c(C)c3c2)c1. The zero-order valence-corrected chi connectivity index (χ0v) is 12.0. The van der Waals surface area contributed by atoms with Gasteiger partial charge in [-0.05, 0) is 49.2 Å². The molecule has 3 aromatic rings. The highest BCUT2D eigenvalue weighted by atomic mass is 16.5. The fourth-order valence-corrected chi connectivity index (χ4v) is 2.36. The zero-order valence-electron chi connectivity index (χ0n) is 12.0. The van der Waals surface area contributed by atoms with Gasteiger partial charge in [0, 0.05) is 11.1 Å². The first-order chi connectivity index (χ1) is 10.2. The summed E-state index contributed by atoms with van der Waals surface area (Å²) in [6.07, 6.45) is 0. The molecule has 0 amide bonds. The molecule has 21 heavy (non-hydrogen) atoms. The monoisotopic (exact) mass is 280 g/mol. The second-order valence-corrected chi connectivity index (χ2v) is 4.88. The van der Waals surface area contributed by atoms with Crippen molar-refractivity contribution in [3.8, 4) is 11.1 Å². The minimum Gasteiger partial charge on any atom is -0.462 e. The lowest BCUT2D eigenvalue weighted by atomic mass is 10.0. The maximum absolute atomic E-state index is 11.8. The molecule has 0 bridgehead atoms. The smallest absolute Gasteiger partial charge is 0.338 e. The second-order valence-electron chi connectivity index (χ2n) is 4.88. The van der Waals surface area contributed by atoms with Gasteiger partial charge in [-0.3, -0.25) is 5.10 Å². The Labute approximate surface area is 122 Å². The molecule has 1 N–H and O–H groups in total. The van der Waals surface area contributed by atoms with Crippen molar-refractivity contribution in [3.63, 3.8) is 0 Å². The minimum absolute atomic E-state index is 0.292. The van der Waals surface area contributed by atoms with Gasteiger partial charge in [0.2, 0.25) is 0 Å². The van der Waals surface area contributed by atoms with Gasteiger partial charge in [-0.25, -0.2) is 4.79 Å². The molecule has 0 spiro atoms. The van der Waals surface area contributed by atoms with Gasteiger partial charge in [0.1, 0.15) is 0 Å². The molecule has 0 fully saturated rings. The van der Waals surface area contributed by atoms with E-state index >= 15 is 0 Å². The van der Waals surface area contributed by atoms with Crippen LogP contribution in [-0.2, 0) is 4.74 Å². The average molecular weight is 280 g/mol. The fourth-order valence-electron chi connectivity index (χ4n) is 2.36. The molecule has 0 aliphatic carbocycles. The number of hydrogen-bond acceptors (Lipinski definition) is 3. The van der Waals surface area contributed by atoms with Gasteiger partial charge >= 0.3 is 5.97 Å². The Morgan fingerprint density at radius 1 is 1.19 bits per heavy atom. The number of rotatable bonds is 3. The third-order valence-corrected chi connectivity index (χ3v) is 3.45. The van der Waals surface area contributed by atoms with Gasteiger partial charge in [0.15, 0.2) is 0 Å². The summed E-state index contributed by atoms with van der Waals surface area (Å²) in [5.74, 6) is -0.292. The van der Waals surface area contributed by atoms with Crippen molar-refractivity contribution in [1.82, 2.24) is 10.2 Å². The Hall–Kier alpha value is -2.62. The summed E-state index contributed by atoms with van der Waals surface area (Å²) in [6.45, 7) is 4.18. The summed E-state index contributed by atoms with van der Waals surface area (Å²) in [6, 6.07) is 13.5. The van der Waals surface area contributed by atoms with Crippen LogP contribution in [0.2, 0.25) is 0 Å². The topological polar surface area (TPSA) is 55.0 Å². The Morgan fingerprint density at radius 2 is 2.00 bits per heavy atom. The number of carbonyl (C=O) groups is 1. The van der Waals surface area contributed by atoms with Gasteiger partial charge in [-0.2, -0.15) is 5.10 Å². The van der Waals surface area contributed by atoms with E-state index in [1.807, 2.05) is 37.3 Å². The molecule has 0 atom stereocenters. The molecule has 0 saturated heterocycles. The normalized spacial score (nSPS) is 10.8. The number of hydrogen-bond donors (Lipinski definition) is 1. The van der Waals surface area contributed by atoms with Crippen LogP contribution < -0.4 is 0 Å². The van der Waals surface area contributed by atoms with Gasteiger partial charge in [0.05, 0.1) is 17.7 Å². The Morgan fingerprint density at radius 3 is 2.81 bits per heavy atom. The summed E-state index contributed by atoms with van der Waals surface area (Å²) in [5, 5.41) is 8.29. The number of nitrogens with zero attached hydrogens (tertiary/aromatic N) is 1. The van der Waals surface area contributed by atoms with E-state index in [1.54, 1.807) is 13.0 Å². The van der Waals surface area contributed by atoms with E-state index in [0.717, 1.165) is 27.7 Å². The molecular formula is C17H16N2O2. The fraction of sp³-hybridized carbons (Fsp3) is 0.176. The van der Waals surface area contributed by atoms with Crippen LogP contribution in [0, 0.1) is 6.92 Å². The molecule has 0 radical (unpaired) electrons. The highest BCUT2D eigenvalue weighted by Gasteiger charge is 2.09. The maximum atomic E-state index is 11.8. The van der Waals surface area contributed by atoms with Crippen LogP contribution in [0.5, 0.6) is 0 Å². The molecule has 0 unspecified atom stereocenters. The molecule has 1 heterocycles. The molecule has 0 aliphatic rings. The predicted octanol–water partition coefficient (Wildman–Crippen LogP) is 3.72. The lowest BCUT2D eigenvalue weighted by molar-refractivity contribution is 0.0526. The summed E-state index contributed by atoms with van der Waals surface area (Å²) in [4.78, 5) is 11.8. The van der Waals surface area contributed by atoms with Crippen molar-refractivity contribution in [1.29, 1.82) is 0 Å². The van der Waals surface area contributed by atoms with Crippen LogP contribution in [0.3, 0.4) is 0 Å². The Bertz CT molecular complexity index is 805. The number of nitrogens with one attached hydrogen (secondary N) is 1. The number of carbonyl (C=O) groups excluding carboxylic acids is 1. The third-order valence-electron chi connectivity index (χ3n) is 3.45. The van der Waals surface area contributed by atoms with Gasteiger partial charge in [0.25, 0.3) is 0 Å². The van der Waals surface area contributed by atoms with E-state index in [-0.39, 0.29) is 5.97 Å². The van der Waals surface area contributed by atoms with Crippen LogP contribution in [0.25, 0.3) is 22.0 Å². The molecule has 4 heteroatoms. The molecule has 0 aliphatic heterocycles.